The Hall–Kier alpha value is -1.35. The zero-order valence-electron chi connectivity index (χ0n) is 11.6. The van der Waals surface area contributed by atoms with Gasteiger partial charge in [-0.15, -0.1) is 0 Å². The van der Waals surface area contributed by atoms with Gasteiger partial charge < -0.3 is 10.4 Å². The molecule has 1 aliphatic rings. The first-order chi connectivity index (χ1) is 9.15. The first-order valence-corrected chi connectivity index (χ1v) is 7.17. The molecule has 104 valence electrons. The number of carbonyl (C=O) groups is 1. The molecule has 0 aliphatic heterocycles. The Morgan fingerprint density at radius 1 is 1.21 bits per heavy atom. The van der Waals surface area contributed by atoms with Crippen LogP contribution in [0.5, 0.6) is 0 Å². The number of carboxylic acids is 1. The second-order valence-corrected chi connectivity index (χ2v) is 5.68. The molecule has 0 saturated heterocycles. The molecule has 0 radical (unpaired) electrons. The van der Waals surface area contributed by atoms with Crippen LogP contribution < -0.4 is 5.32 Å². The largest absolute Gasteiger partial charge is 0.481 e. The Bertz CT molecular complexity index is 423. The molecule has 0 heterocycles. The van der Waals surface area contributed by atoms with Crippen molar-refractivity contribution in [3.63, 3.8) is 0 Å². The monoisotopic (exact) mass is 261 g/mol. The average molecular weight is 261 g/mol. The van der Waals surface area contributed by atoms with Gasteiger partial charge in [-0.1, -0.05) is 31.2 Å². The van der Waals surface area contributed by atoms with Crippen LogP contribution >= 0.6 is 0 Å². The van der Waals surface area contributed by atoms with E-state index in [0.29, 0.717) is 6.04 Å². The summed E-state index contributed by atoms with van der Waals surface area (Å²) in [5.41, 5.74) is 2.04. The van der Waals surface area contributed by atoms with Crippen LogP contribution in [0.2, 0.25) is 0 Å². The smallest absolute Gasteiger partial charge is 0.307 e. The number of hydrogen-bond donors (Lipinski definition) is 2. The van der Waals surface area contributed by atoms with E-state index in [0.717, 1.165) is 23.6 Å². The zero-order valence-corrected chi connectivity index (χ0v) is 11.6. The van der Waals surface area contributed by atoms with E-state index in [4.69, 9.17) is 5.11 Å². The van der Waals surface area contributed by atoms with E-state index < -0.39 is 5.97 Å². The standard InChI is InChI=1S/C16H23NO2/c1-12-6-8-15(9-7-12)17-11-14-5-3-2-4-13(14)10-16(18)19/h2-5,12,15,17H,6-11H2,1H3,(H,18,19). The molecular formula is C16H23NO2. The Labute approximate surface area is 115 Å². The van der Waals surface area contributed by atoms with Crippen LogP contribution in [0.4, 0.5) is 0 Å². The molecule has 0 spiro atoms. The van der Waals surface area contributed by atoms with Crippen LogP contribution in [0.25, 0.3) is 0 Å². The Kier molecular flexibility index (Phi) is 4.97. The summed E-state index contributed by atoms with van der Waals surface area (Å²) in [6.07, 6.45) is 5.19. The van der Waals surface area contributed by atoms with Gasteiger partial charge in [0.2, 0.25) is 0 Å². The second-order valence-electron chi connectivity index (χ2n) is 5.68. The molecule has 0 bridgehead atoms. The summed E-state index contributed by atoms with van der Waals surface area (Å²) >= 11 is 0. The first kappa shape index (κ1) is 14.1. The zero-order chi connectivity index (χ0) is 13.7. The Balaban J connectivity index is 1.90. The molecule has 2 rings (SSSR count). The highest BCUT2D eigenvalue weighted by Gasteiger charge is 2.17. The minimum Gasteiger partial charge on any atom is -0.481 e. The summed E-state index contributed by atoms with van der Waals surface area (Å²) in [6.45, 7) is 3.10. The number of aliphatic carboxylic acids is 1. The van der Waals surface area contributed by atoms with Crippen molar-refractivity contribution in [3.05, 3.63) is 35.4 Å². The van der Waals surface area contributed by atoms with Crippen LogP contribution in [-0.2, 0) is 17.8 Å². The molecular weight excluding hydrogens is 238 g/mol. The van der Waals surface area contributed by atoms with Gasteiger partial charge in [0.15, 0.2) is 0 Å². The summed E-state index contributed by atoms with van der Waals surface area (Å²) in [6, 6.07) is 8.41. The summed E-state index contributed by atoms with van der Waals surface area (Å²) in [7, 11) is 0. The Morgan fingerprint density at radius 2 is 1.84 bits per heavy atom. The molecule has 1 aromatic carbocycles. The van der Waals surface area contributed by atoms with Gasteiger partial charge in [-0.2, -0.15) is 0 Å². The van der Waals surface area contributed by atoms with Crippen LogP contribution in [0, 0.1) is 5.92 Å². The summed E-state index contributed by atoms with van der Waals surface area (Å²) in [4.78, 5) is 10.8. The van der Waals surface area contributed by atoms with Gasteiger partial charge in [0.1, 0.15) is 0 Å². The summed E-state index contributed by atoms with van der Waals surface area (Å²) < 4.78 is 0. The van der Waals surface area contributed by atoms with Crippen molar-refractivity contribution in [2.75, 3.05) is 0 Å². The molecule has 3 heteroatoms. The minimum atomic E-state index is -0.765. The minimum absolute atomic E-state index is 0.111. The number of rotatable bonds is 5. The molecule has 0 atom stereocenters. The van der Waals surface area contributed by atoms with Gasteiger partial charge in [-0.25, -0.2) is 0 Å². The van der Waals surface area contributed by atoms with E-state index in [1.54, 1.807) is 0 Å². The predicted molar refractivity (Wildman–Crippen MR) is 76.0 cm³/mol. The number of carboxylic acid groups (broad SMARTS) is 1. The van der Waals surface area contributed by atoms with Crippen molar-refractivity contribution in [1.29, 1.82) is 0 Å². The lowest BCUT2D eigenvalue weighted by Gasteiger charge is -2.27. The van der Waals surface area contributed by atoms with Crippen molar-refractivity contribution >= 4 is 5.97 Å². The number of nitrogens with one attached hydrogen (secondary N) is 1. The highest BCUT2D eigenvalue weighted by atomic mass is 16.4. The maximum Gasteiger partial charge on any atom is 0.307 e. The Morgan fingerprint density at radius 3 is 2.47 bits per heavy atom. The van der Waals surface area contributed by atoms with E-state index in [1.807, 2.05) is 24.3 Å². The number of hydrogen-bond acceptors (Lipinski definition) is 2. The highest BCUT2D eigenvalue weighted by molar-refractivity contribution is 5.70. The normalized spacial score (nSPS) is 23.2. The molecule has 2 N–H and O–H groups in total. The lowest BCUT2D eigenvalue weighted by Crippen LogP contribution is -2.32. The molecule has 0 amide bonds. The van der Waals surface area contributed by atoms with Gasteiger partial charge in [0.25, 0.3) is 0 Å². The van der Waals surface area contributed by atoms with Crippen molar-refractivity contribution in [2.45, 2.75) is 51.6 Å². The fourth-order valence-corrected chi connectivity index (χ4v) is 2.78. The van der Waals surface area contributed by atoms with Crippen molar-refractivity contribution in [2.24, 2.45) is 5.92 Å². The fraction of sp³-hybridized carbons (Fsp3) is 0.562. The van der Waals surface area contributed by atoms with Crippen molar-refractivity contribution in [3.8, 4) is 0 Å². The van der Waals surface area contributed by atoms with E-state index >= 15 is 0 Å². The van der Waals surface area contributed by atoms with E-state index in [2.05, 4.69) is 12.2 Å². The van der Waals surface area contributed by atoms with Crippen LogP contribution in [0.3, 0.4) is 0 Å². The van der Waals surface area contributed by atoms with Gasteiger partial charge in [0, 0.05) is 12.6 Å². The molecule has 1 aromatic rings. The van der Waals surface area contributed by atoms with Crippen LogP contribution in [0.15, 0.2) is 24.3 Å². The van der Waals surface area contributed by atoms with Crippen molar-refractivity contribution < 1.29 is 9.90 Å². The predicted octanol–water partition coefficient (Wildman–Crippen LogP) is 2.98. The summed E-state index contributed by atoms with van der Waals surface area (Å²) in [5.74, 6) is 0.0938. The molecule has 0 unspecified atom stereocenters. The van der Waals surface area contributed by atoms with Gasteiger partial charge in [-0.3, -0.25) is 4.79 Å². The fourth-order valence-electron chi connectivity index (χ4n) is 2.78. The summed E-state index contributed by atoms with van der Waals surface area (Å²) in [5, 5.41) is 12.5. The van der Waals surface area contributed by atoms with E-state index in [-0.39, 0.29) is 6.42 Å². The third-order valence-corrected chi connectivity index (χ3v) is 4.06. The average Bonchev–Trinajstić information content (AvgIpc) is 2.39. The third kappa shape index (κ3) is 4.35. The molecule has 3 nitrogen and oxygen atoms in total. The lowest BCUT2D eigenvalue weighted by atomic mass is 9.87. The van der Waals surface area contributed by atoms with E-state index in [9.17, 15) is 4.79 Å². The maximum atomic E-state index is 10.8. The van der Waals surface area contributed by atoms with Gasteiger partial charge >= 0.3 is 5.97 Å². The molecule has 1 aliphatic carbocycles. The number of benzene rings is 1. The lowest BCUT2D eigenvalue weighted by molar-refractivity contribution is -0.136. The quantitative estimate of drug-likeness (QED) is 0.856. The second kappa shape index (κ2) is 6.71. The third-order valence-electron chi connectivity index (χ3n) is 4.06. The van der Waals surface area contributed by atoms with Gasteiger partial charge in [0.05, 0.1) is 6.42 Å². The highest BCUT2D eigenvalue weighted by Crippen LogP contribution is 2.23. The SMILES string of the molecule is CC1CCC(NCc2ccccc2CC(=O)O)CC1. The van der Waals surface area contributed by atoms with E-state index in [1.165, 1.54) is 25.7 Å². The molecule has 1 fully saturated rings. The molecule has 19 heavy (non-hydrogen) atoms. The van der Waals surface area contributed by atoms with Crippen LogP contribution in [-0.4, -0.2) is 17.1 Å². The first-order valence-electron chi connectivity index (χ1n) is 7.17. The molecule has 1 saturated carbocycles. The van der Waals surface area contributed by atoms with Crippen LogP contribution in [0.1, 0.15) is 43.7 Å². The maximum absolute atomic E-state index is 10.8. The van der Waals surface area contributed by atoms with Gasteiger partial charge in [-0.05, 0) is 42.7 Å². The van der Waals surface area contributed by atoms with Crippen molar-refractivity contribution in [1.82, 2.24) is 5.32 Å². The topological polar surface area (TPSA) is 49.3 Å². The molecule has 0 aromatic heterocycles.